The summed E-state index contributed by atoms with van der Waals surface area (Å²) in [6.45, 7) is 4.04. The van der Waals surface area contributed by atoms with Crippen molar-refractivity contribution in [1.29, 1.82) is 0 Å². The molecule has 1 amide bonds. The smallest absolute Gasteiger partial charge is 0.275 e. The summed E-state index contributed by atoms with van der Waals surface area (Å²) in [5.41, 5.74) is 3.36. The number of carbonyl (C=O) groups is 1. The Hall–Kier alpha value is -2.43. The number of anilines is 2. The van der Waals surface area contributed by atoms with Gasteiger partial charge in [-0.15, -0.1) is 0 Å². The van der Waals surface area contributed by atoms with Crippen molar-refractivity contribution in [3.8, 4) is 0 Å². The minimum Gasteiger partial charge on any atom is -0.372 e. The van der Waals surface area contributed by atoms with Gasteiger partial charge in [0.1, 0.15) is 11.5 Å². The van der Waals surface area contributed by atoms with Crippen LogP contribution in [0.15, 0.2) is 30.6 Å². The van der Waals surface area contributed by atoms with Gasteiger partial charge in [-0.2, -0.15) is 0 Å². The van der Waals surface area contributed by atoms with Gasteiger partial charge in [0.15, 0.2) is 0 Å². The first-order chi connectivity index (χ1) is 9.10. The molecule has 0 unspecified atom stereocenters. The van der Waals surface area contributed by atoms with Crippen LogP contribution in [0.1, 0.15) is 21.6 Å². The third kappa shape index (κ3) is 3.07. The van der Waals surface area contributed by atoms with Gasteiger partial charge in [-0.3, -0.25) is 9.78 Å². The molecule has 5 nitrogen and oxygen atoms in total. The Morgan fingerprint density at radius 2 is 1.95 bits per heavy atom. The maximum Gasteiger partial charge on any atom is 0.275 e. The van der Waals surface area contributed by atoms with Crippen LogP contribution in [-0.4, -0.2) is 22.9 Å². The molecule has 0 bridgehead atoms. The highest BCUT2D eigenvalue weighted by Crippen LogP contribution is 2.15. The summed E-state index contributed by atoms with van der Waals surface area (Å²) in [7, 11) is 1.73. The Labute approximate surface area is 112 Å². The van der Waals surface area contributed by atoms with Crippen LogP contribution in [0.2, 0.25) is 0 Å². The lowest BCUT2D eigenvalue weighted by Gasteiger charge is -2.07. The first-order valence-electron chi connectivity index (χ1n) is 5.98. The van der Waals surface area contributed by atoms with E-state index in [1.165, 1.54) is 11.8 Å². The van der Waals surface area contributed by atoms with E-state index < -0.39 is 0 Å². The van der Waals surface area contributed by atoms with E-state index in [9.17, 15) is 4.79 Å². The molecule has 0 spiro atoms. The molecule has 0 saturated carbocycles. The standard InChI is InChI=1S/C14H16N4O/c1-9-4-5-11(6-10(9)2)17-14(19)12-7-16-8-13(15-3)18-12/h4-8H,1-3H3,(H,15,18)(H,17,19). The SMILES string of the molecule is CNc1cncc(C(=O)Nc2ccc(C)c(C)c2)n1. The lowest BCUT2D eigenvalue weighted by Crippen LogP contribution is -2.14. The zero-order chi connectivity index (χ0) is 13.8. The van der Waals surface area contributed by atoms with Gasteiger partial charge in [-0.1, -0.05) is 6.07 Å². The molecule has 0 fully saturated rings. The fourth-order valence-corrected chi connectivity index (χ4v) is 1.61. The van der Waals surface area contributed by atoms with Crippen LogP contribution in [0.4, 0.5) is 11.5 Å². The zero-order valence-corrected chi connectivity index (χ0v) is 11.2. The topological polar surface area (TPSA) is 66.9 Å². The highest BCUT2D eigenvalue weighted by molar-refractivity contribution is 6.02. The molecule has 19 heavy (non-hydrogen) atoms. The van der Waals surface area contributed by atoms with Gasteiger partial charge in [0.25, 0.3) is 5.91 Å². The highest BCUT2D eigenvalue weighted by atomic mass is 16.1. The average molecular weight is 256 g/mol. The van der Waals surface area contributed by atoms with E-state index in [0.717, 1.165) is 11.3 Å². The second kappa shape index (κ2) is 5.48. The van der Waals surface area contributed by atoms with E-state index in [0.29, 0.717) is 5.82 Å². The molecule has 5 heteroatoms. The minimum absolute atomic E-state index is 0.271. The van der Waals surface area contributed by atoms with Crippen molar-refractivity contribution in [2.75, 3.05) is 17.7 Å². The number of hydrogen-bond acceptors (Lipinski definition) is 4. The van der Waals surface area contributed by atoms with Gasteiger partial charge in [0, 0.05) is 12.7 Å². The number of benzene rings is 1. The largest absolute Gasteiger partial charge is 0.372 e. The van der Waals surface area contributed by atoms with Crippen LogP contribution in [-0.2, 0) is 0 Å². The van der Waals surface area contributed by atoms with E-state index in [4.69, 9.17) is 0 Å². The van der Waals surface area contributed by atoms with E-state index in [2.05, 4.69) is 20.6 Å². The van der Waals surface area contributed by atoms with Crippen LogP contribution in [0.25, 0.3) is 0 Å². The molecular formula is C14H16N4O. The monoisotopic (exact) mass is 256 g/mol. The molecule has 0 aliphatic rings. The number of aryl methyl sites for hydroxylation is 2. The molecule has 1 aromatic carbocycles. The second-order valence-electron chi connectivity index (χ2n) is 4.29. The predicted octanol–water partition coefficient (Wildman–Crippen LogP) is 2.39. The summed E-state index contributed by atoms with van der Waals surface area (Å²) >= 11 is 0. The van der Waals surface area contributed by atoms with Gasteiger partial charge < -0.3 is 10.6 Å². The molecular weight excluding hydrogens is 240 g/mol. The Bertz CT molecular complexity index is 610. The summed E-state index contributed by atoms with van der Waals surface area (Å²) in [5, 5.41) is 5.66. The molecule has 0 saturated heterocycles. The van der Waals surface area contributed by atoms with Crippen LogP contribution >= 0.6 is 0 Å². The number of amides is 1. The Kier molecular flexibility index (Phi) is 3.75. The lowest BCUT2D eigenvalue weighted by atomic mass is 10.1. The Morgan fingerprint density at radius 3 is 2.63 bits per heavy atom. The molecule has 0 aliphatic heterocycles. The maximum absolute atomic E-state index is 12.0. The van der Waals surface area contributed by atoms with Crippen molar-refractivity contribution in [3.05, 3.63) is 47.4 Å². The van der Waals surface area contributed by atoms with Gasteiger partial charge in [-0.05, 0) is 37.1 Å². The summed E-state index contributed by atoms with van der Waals surface area (Å²) < 4.78 is 0. The summed E-state index contributed by atoms with van der Waals surface area (Å²) in [6.07, 6.45) is 3.00. The summed E-state index contributed by atoms with van der Waals surface area (Å²) in [4.78, 5) is 20.1. The number of aromatic nitrogens is 2. The van der Waals surface area contributed by atoms with Crippen molar-refractivity contribution < 1.29 is 4.79 Å². The third-order valence-corrected chi connectivity index (χ3v) is 2.89. The summed E-state index contributed by atoms with van der Waals surface area (Å²) in [6, 6.07) is 5.78. The number of rotatable bonds is 3. The lowest BCUT2D eigenvalue weighted by molar-refractivity contribution is 0.102. The molecule has 0 radical (unpaired) electrons. The number of nitrogens with one attached hydrogen (secondary N) is 2. The second-order valence-corrected chi connectivity index (χ2v) is 4.29. The average Bonchev–Trinajstić information content (AvgIpc) is 2.43. The molecule has 2 N–H and O–H groups in total. The fraction of sp³-hybridized carbons (Fsp3) is 0.214. The predicted molar refractivity (Wildman–Crippen MR) is 75.4 cm³/mol. The van der Waals surface area contributed by atoms with Crippen molar-refractivity contribution >= 4 is 17.4 Å². The van der Waals surface area contributed by atoms with Crippen LogP contribution in [0.3, 0.4) is 0 Å². The van der Waals surface area contributed by atoms with Gasteiger partial charge in [0.2, 0.25) is 0 Å². The van der Waals surface area contributed by atoms with E-state index >= 15 is 0 Å². The molecule has 1 heterocycles. The minimum atomic E-state index is -0.271. The molecule has 98 valence electrons. The van der Waals surface area contributed by atoms with Gasteiger partial charge in [-0.25, -0.2) is 4.98 Å². The van der Waals surface area contributed by atoms with Crippen molar-refractivity contribution in [2.24, 2.45) is 0 Å². The zero-order valence-electron chi connectivity index (χ0n) is 11.2. The van der Waals surface area contributed by atoms with Crippen molar-refractivity contribution in [3.63, 3.8) is 0 Å². The number of hydrogen-bond donors (Lipinski definition) is 2. The quantitative estimate of drug-likeness (QED) is 0.884. The number of nitrogens with zero attached hydrogens (tertiary/aromatic N) is 2. The first-order valence-corrected chi connectivity index (χ1v) is 5.98. The molecule has 0 aliphatic carbocycles. The van der Waals surface area contributed by atoms with E-state index in [-0.39, 0.29) is 11.6 Å². The normalized spacial score (nSPS) is 10.1. The third-order valence-electron chi connectivity index (χ3n) is 2.89. The Balaban J connectivity index is 2.18. The molecule has 2 rings (SSSR count). The highest BCUT2D eigenvalue weighted by Gasteiger charge is 2.09. The molecule has 1 aromatic heterocycles. The van der Waals surface area contributed by atoms with Crippen molar-refractivity contribution in [2.45, 2.75) is 13.8 Å². The van der Waals surface area contributed by atoms with Crippen LogP contribution < -0.4 is 10.6 Å². The van der Waals surface area contributed by atoms with Crippen molar-refractivity contribution in [1.82, 2.24) is 9.97 Å². The van der Waals surface area contributed by atoms with E-state index in [1.54, 1.807) is 13.2 Å². The maximum atomic E-state index is 12.0. The first kappa shape index (κ1) is 13.0. The molecule has 2 aromatic rings. The Morgan fingerprint density at radius 1 is 1.16 bits per heavy atom. The molecule has 0 atom stereocenters. The number of carbonyl (C=O) groups excluding carboxylic acids is 1. The van der Waals surface area contributed by atoms with Gasteiger partial charge in [0.05, 0.1) is 12.4 Å². The van der Waals surface area contributed by atoms with Gasteiger partial charge >= 0.3 is 0 Å². The van der Waals surface area contributed by atoms with Crippen LogP contribution in [0, 0.1) is 13.8 Å². The van der Waals surface area contributed by atoms with E-state index in [1.807, 2.05) is 32.0 Å². The summed E-state index contributed by atoms with van der Waals surface area (Å²) in [5.74, 6) is 0.292. The van der Waals surface area contributed by atoms with Crippen LogP contribution in [0.5, 0.6) is 0 Å². The fourth-order valence-electron chi connectivity index (χ4n) is 1.61.